The summed E-state index contributed by atoms with van der Waals surface area (Å²) in [5.41, 5.74) is 0.0337. The number of carboxylic acid groups (broad SMARTS) is 1. The number of rotatable bonds is 22. The quantitative estimate of drug-likeness (QED) is 0.0454. The lowest BCUT2D eigenvalue weighted by Crippen LogP contribution is -2.25. The molecule has 1 rings (SSSR count). The minimum Gasteiger partial charge on any atom is -0.507 e. The van der Waals surface area contributed by atoms with Crippen molar-refractivity contribution >= 4 is 45.1 Å². The molecule has 0 saturated heterocycles. The van der Waals surface area contributed by atoms with E-state index in [9.17, 15) is 19.5 Å². The summed E-state index contributed by atoms with van der Waals surface area (Å²) in [7, 11) is 2.82. The monoisotopic (exact) mass is 612 g/mol. The van der Waals surface area contributed by atoms with E-state index in [1.54, 1.807) is 0 Å². The van der Waals surface area contributed by atoms with E-state index in [1.807, 2.05) is 6.08 Å². The molecular formula is C33H44N2O5S2. The number of carbonyl (C=O) groups is 3. The number of amides is 2. The second kappa shape index (κ2) is 25.3. The SMILES string of the molecule is CC/C=C\C/C=C\C/C=C\C/C=C\C/C=C\C/C=C\CCC(=O)NCCSSCC(=O)Nc1ccc(O)c(C(=O)O)c1. The number of nitrogens with one attached hydrogen (secondary N) is 2. The number of benzene rings is 1. The highest BCUT2D eigenvalue weighted by Crippen LogP contribution is 2.23. The highest BCUT2D eigenvalue weighted by molar-refractivity contribution is 8.76. The van der Waals surface area contributed by atoms with E-state index in [2.05, 4.69) is 84.4 Å². The highest BCUT2D eigenvalue weighted by atomic mass is 33.1. The third-order valence-electron chi connectivity index (χ3n) is 5.43. The van der Waals surface area contributed by atoms with Crippen LogP contribution in [0, 0.1) is 0 Å². The van der Waals surface area contributed by atoms with Crippen LogP contribution in [0.25, 0.3) is 0 Å². The summed E-state index contributed by atoms with van der Waals surface area (Å²) >= 11 is 0. The van der Waals surface area contributed by atoms with E-state index in [0.29, 0.717) is 30.8 Å². The van der Waals surface area contributed by atoms with Gasteiger partial charge in [0, 0.05) is 24.4 Å². The lowest BCUT2D eigenvalue weighted by atomic mass is 10.2. The van der Waals surface area contributed by atoms with Crippen LogP contribution in [0.15, 0.2) is 91.1 Å². The van der Waals surface area contributed by atoms with Gasteiger partial charge in [-0.25, -0.2) is 4.79 Å². The van der Waals surface area contributed by atoms with Crippen molar-refractivity contribution < 1.29 is 24.6 Å². The molecule has 42 heavy (non-hydrogen) atoms. The topological polar surface area (TPSA) is 116 Å². The average Bonchev–Trinajstić information content (AvgIpc) is 2.97. The number of carboxylic acids is 1. The Morgan fingerprint density at radius 2 is 1.31 bits per heavy atom. The predicted molar refractivity (Wildman–Crippen MR) is 179 cm³/mol. The molecule has 0 bridgehead atoms. The van der Waals surface area contributed by atoms with Gasteiger partial charge in [-0.05, 0) is 63.1 Å². The summed E-state index contributed by atoms with van der Waals surface area (Å²) in [6, 6.07) is 3.88. The Bertz CT molecular complexity index is 1120. The number of carbonyl (C=O) groups excluding carboxylic acids is 2. The van der Waals surface area contributed by atoms with Crippen LogP contribution in [-0.2, 0) is 9.59 Å². The zero-order valence-electron chi connectivity index (χ0n) is 24.4. The molecule has 2 amide bonds. The van der Waals surface area contributed by atoms with Crippen molar-refractivity contribution in [1.82, 2.24) is 5.32 Å². The van der Waals surface area contributed by atoms with Crippen LogP contribution in [-0.4, -0.2) is 46.0 Å². The Kier molecular flexibility index (Phi) is 22.0. The fraction of sp³-hybridized carbons (Fsp3) is 0.364. The zero-order chi connectivity index (χ0) is 30.7. The first-order valence-corrected chi connectivity index (χ1v) is 16.7. The molecule has 9 heteroatoms. The normalized spacial score (nSPS) is 12.1. The molecule has 0 aliphatic heterocycles. The van der Waals surface area contributed by atoms with E-state index in [-0.39, 0.29) is 28.9 Å². The van der Waals surface area contributed by atoms with Gasteiger partial charge in [0.05, 0.1) is 5.75 Å². The molecular weight excluding hydrogens is 569 g/mol. The van der Waals surface area contributed by atoms with Gasteiger partial charge in [0.1, 0.15) is 11.3 Å². The van der Waals surface area contributed by atoms with Gasteiger partial charge in [0.2, 0.25) is 11.8 Å². The van der Waals surface area contributed by atoms with Crippen LogP contribution >= 0.6 is 21.6 Å². The van der Waals surface area contributed by atoms with Crippen LogP contribution in [0.2, 0.25) is 0 Å². The molecule has 0 heterocycles. The summed E-state index contributed by atoms with van der Waals surface area (Å²) in [5.74, 6) is -1.08. The smallest absolute Gasteiger partial charge is 0.339 e. The number of anilines is 1. The molecule has 0 saturated carbocycles. The van der Waals surface area contributed by atoms with Gasteiger partial charge in [-0.15, -0.1) is 0 Å². The number of allylic oxidation sites excluding steroid dienone is 12. The summed E-state index contributed by atoms with van der Waals surface area (Å²) in [6.45, 7) is 2.66. The lowest BCUT2D eigenvalue weighted by Gasteiger charge is -2.07. The maximum Gasteiger partial charge on any atom is 0.339 e. The van der Waals surface area contributed by atoms with Crippen LogP contribution < -0.4 is 10.6 Å². The van der Waals surface area contributed by atoms with Crippen molar-refractivity contribution in [2.75, 3.05) is 23.4 Å². The molecule has 0 aliphatic carbocycles. The van der Waals surface area contributed by atoms with Crippen molar-refractivity contribution in [2.24, 2.45) is 0 Å². The van der Waals surface area contributed by atoms with E-state index >= 15 is 0 Å². The number of phenols is 1. The number of hydrogen-bond acceptors (Lipinski definition) is 6. The van der Waals surface area contributed by atoms with Crippen LogP contribution in [0.4, 0.5) is 5.69 Å². The third-order valence-corrected chi connectivity index (χ3v) is 7.70. The lowest BCUT2D eigenvalue weighted by molar-refractivity contribution is -0.121. The first-order valence-electron chi connectivity index (χ1n) is 14.2. The third kappa shape index (κ3) is 20.4. The molecule has 1 aromatic carbocycles. The van der Waals surface area contributed by atoms with Crippen LogP contribution in [0.3, 0.4) is 0 Å². The van der Waals surface area contributed by atoms with Gasteiger partial charge in [-0.1, -0.05) is 101 Å². The second-order valence-corrected chi connectivity index (χ2v) is 11.6. The van der Waals surface area contributed by atoms with E-state index in [0.717, 1.165) is 38.5 Å². The zero-order valence-corrected chi connectivity index (χ0v) is 26.0. The van der Waals surface area contributed by atoms with Gasteiger partial charge in [-0.2, -0.15) is 0 Å². The Labute approximate surface area is 258 Å². The van der Waals surface area contributed by atoms with Gasteiger partial charge < -0.3 is 20.8 Å². The van der Waals surface area contributed by atoms with Gasteiger partial charge in [0.25, 0.3) is 0 Å². The summed E-state index contributed by atoms with van der Waals surface area (Å²) in [4.78, 5) is 35.0. The van der Waals surface area contributed by atoms with E-state index in [4.69, 9.17) is 5.11 Å². The van der Waals surface area contributed by atoms with Crippen molar-refractivity contribution in [3.63, 3.8) is 0 Å². The van der Waals surface area contributed by atoms with E-state index < -0.39 is 5.97 Å². The predicted octanol–water partition coefficient (Wildman–Crippen LogP) is 8.00. The molecule has 0 spiro atoms. The number of hydrogen-bond donors (Lipinski definition) is 4. The fourth-order valence-electron chi connectivity index (χ4n) is 3.31. The molecule has 0 atom stereocenters. The Balaban J connectivity index is 2.00. The molecule has 0 aliphatic rings. The molecule has 4 N–H and O–H groups in total. The molecule has 0 aromatic heterocycles. The van der Waals surface area contributed by atoms with Gasteiger partial charge >= 0.3 is 5.97 Å². The van der Waals surface area contributed by atoms with Crippen molar-refractivity contribution in [3.8, 4) is 5.75 Å². The van der Waals surface area contributed by atoms with Crippen molar-refractivity contribution in [1.29, 1.82) is 0 Å². The minimum atomic E-state index is -1.27. The molecule has 7 nitrogen and oxygen atoms in total. The van der Waals surface area contributed by atoms with Crippen LogP contribution in [0.5, 0.6) is 5.75 Å². The highest BCUT2D eigenvalue weighted by Gasteiger charge is 2.11. The summed E-state index contributed by atoms with van der Waals surface area (Å²) < 4.78 is 0. The Morgan fingerprint density at radius 3 is 1.86 bits per heavy atom. The first-order chi connectivity index (χ1) is 20.4. The minimum absolute atomic E-state index is 0.000521. The first kappa shape index (κ1) is 36.6. The Hall–Kier alpha value is -3.43. The second-order valence-electron chi connectivity index (χ2n) is 8.97. The Morgan fingerprint density at radius 1 is 0.762 bits per heavy atom. The molecule has 0 fully saturated rings. The fourth-order valence-corrected chi connectivity index (χ4v) is 5.05. The summed E-state index contributed by atoms with van der Waals surface area (Å²) in [6.07, 6.45) is 32.8. The molecule has 0 unspecified atom stereocenters. The van der Waals surface area contributed by atoms with Gasteiger partial charge in [0.15, 0.2) is 0 Å². The van der Waals surface area contributed by atoms with Crippen molar-refractivity contribution in [2.45, 2.75) is 58.3 Å². The maximum atomic E-state index is 12.0. The number of aromatic hydroxyl groups is 1. The standard InChI is InChI=1S/C33H44N2O5S2/c1-2-3-4-5-6-7-8-9-10-11-12-13-14-15-16-17-18-19-20-21-31(37)34-24-25-41-42-27-32(38)35-28-22-23-30(36)29(26-28)33(39)40/h3-4,6-7,9-10,12-13,15-16,18-19,22-23,26,36H,2,5,8,11,14,17,20-21,24-25,27H2,1H3,(H,34,37)(H,35,38)(H,39,40)/b4-3-,7-6-,10-9-,13-12-,16-15-,19-18-. The van der Waals surface area contributed by atoms with Crippen LogP contribution in [0.1, 0.15) is 68.6 Å². The van der Waals surface area contributed by atoms with Crippen molar-refractivity contribution in [3.05, 3.63) is 96.7 Å². The number of aromatic carboxylic acids is 1. The molecule has 0 radical (unpaired) electrons. The maximum absolute atomic E-state index is 12.0. The molecule has 228 valence electrons. The molecule has 1 aromatic rings. The van der Waals surface area contributed by atoms with E-state index in [1.165, 1.54) is 39.8 Å². The van der Waals surface area contributed by atoms with Gasteiger partial charge in [-0.3, -0.25) is 9.59 Å². The summed E-state index contributed by atoms with van der Waals surface area (Å²) in [5, 5.41) is 24.0. The largest absolute Gasteiger partial charge is 0.507 e. The average molecular weight is 613 g/mol.